The van der Waals surface area contributed by atoms with Crippen molar-refractivity contribution in [1.29, 1.82) is 0 Å². The summed E-state index contributed by atoms with van der Waals surface area (Å²) >= 11 is 0. The number of hydrogen-bond acceptors (Lipinski definition) is 4. The van der Waals surface area contributed by atoms with Crippen LogP contribution in [0.3, 0.4) is 0 Å². The fourth-order valence-corrected chi connectivity index (χ4v) is 2.43. The number of carbonyl (C=O) groups is 1. The predicted molar refractivity (Wildman–Crippen MR) is 77.4 cm³/mol. The first-order chi connectivity index (χ1) is 9.57. The number of nitrogens with two attached hydrogens (primary N) is 1. The minimum atomic E-state index is -0.704. The van der Waals surface area contributed by atoms with Crippen LogP contribution in [0.25, 0.3) is 0 Å². The minimum Gasteiger partial charge on any atom is -0.493 e. The molecule has 0 saturated heterocycles. The van der Waals surface area contributed by atoms with Crippen molar-refractivity contribution in [3.05, 3.63) is 24.3 Å². The number of nitrogen functional groups attached to an aromatic ring is 1. The zero-order valence-corrected chi connectivity index (χ0v) is 11.6. The molecule has 5 nitrogen and oxygen atoms in total. The Balaban J connectivity index is 1.65. The molecule has 20 heavy (non-hydrogen) atoms. The van der Waals surface area contributed by atoms with Crippen molar-refractivity contribution in [3.8, 4) is 5.75 Å². The second-order valence-corrected chi connectivity index (χ2v) is 5.38. The quantitative estimate of drug-likeness (QED) is 0.688. The Labute approximate surface area is 119 Å². The fraction of sp³-hybridized carbons (Fsp3) is 0.533. The first-order valence-electron chi connectivity index (χ1n) is 7.05. The molecule has 1 aliphatic rings. The van der Waals surface area contributed by atoms with Gasteiger partial charge >= 0.3 is 0 Å². The van der Waals surface area contributed by atoms with Gasteiger partial charge in [-0.15, -0.1) is 0 Å². The van der Waals surface area contributed by atoms with Gasteiger partial charge in [-0.05, 0) is 25.0 Å². The van der Waals surface area contributed by atoms with Gasteiger partial charge in [0.15, 0.2) is 0 Å². The number of benzene rings is 1. The molecule has 0 heterocycles. The number of amides is 1. The maximum absolute atomic E-state index is 11.7. The van der Waals surface area contributed by atoms with Crippen LogP contribution in [0, 0.1) is 0 Å². The maximum atomic E-state index is 11.7. The van der Waals surface area contributed by atoms with Gasteiger partial charge in [-0.25, -0.2) is 0 Å². The van der Waals surface area contributed by atoms with Crippen molar-refractivity contribution in [2.24, 2.45) is 0 Å². The lowest BCUT2D eigenvalue weighted by atomic mass is 10.0. The molecule has 2 rings (SSSR count). The lowest BCUT2D eigenvalue weighted by Crippen LogP contribution is -2.41. The molecule has 1 aliphatic carbocycles. The molecule has 0 aromatic heterocycles. The highest BCUT2D eigenvalue weighted by atomic mass is 16.5. The summed E-state index contributed by atoms with van der Waals surface area (Å²) in [6, 6.07) is 7.11. The lowest BCUT2D eigenvalue weighted by molar-refractivity contribution is -0.122. The zero-order chi connectivity index (χ0) is 14.4. The average molecular weight is 278 g/mol. The summed E-state index contributed by atoms with van der Waals surface area (Å²) in [4.78, 5) is 11.7. The van der Waals surface area contributed by atoms with Gasteiger partial charge in [0.2, 0.25) is 5.91 Å². The van der Waals surface area contributed by atoms with Crippen LogP contribution >= 0.6 is 0 Å². The molecule has 1 aromatic carbocycles. The van der Waals surface area contributed by atoms with Crippen LogP contribution in [0.1, 0.15) is 32.1 Å². The number of hydrogen-bond donors (Lipinski definition) is 3. The standard InChI is InChI=1S/C15H22N2O3/c16-12-4-3-5-13(10-12)20-9-6-14(18)17-11-15(19)7-1-2-8-15/h3-5,10,19H,1-2,6-9,11,16H2,(H,17,18). The molecule has 0 bridgehead atoms. The zero-order valence-electron chi connectivity index (χ0n) is 11.6. The summed E-state index contributed by atoms with van der Waals surface area (Å²) in [6.07, 6.45) is 3.88. The van der Waals surface area contributed by atoms with Gasteiger partial charge in [0.25, 0.3) is 0 Å². The molecule has 1 aromatic rings. The molecule has 0 aliphatic heterocycles. The Morgan fingerprint density at radius 1 is 1.40 bits per heavy atom. The molecule has 1 fully saturated rings. The van der Waals surface area contributed by atoms with Crippen LogP contribution in [0.15, 0.2) is 24.3 Å². The average Bonchev–Trinajstić information content (AvgIpc) is 2.84. The molecule has 110 valence electrons. The Kier molecular flexibility index (Phi) is 4.84. The van der Waals surface area contributed by atoms with Gasteiger partial charge in [0, 0.05) is 18.3 Å². The van der Waals surface area contributed by atoms with Crippen molar-refractivity contribution in [1.82, 2.24) is 5.32 Å². The SMILES string of the molecule is Nc1cccc(OCCC(=O)NCC2(O)CCCC2)c1. The summed E-state index contributed by atoms with van der Waals surface area (Å²) in [5, 5.41) is 12.9. The number of anilines is 1. The third-order valence-electron chi connectivity index (χ3n) is 3.60. The number of ether oxygens (including phenoxy) is 1. The Morgan fingerprint density at radius 3 is 2.85 bits per heavy atom. The largest absolute Gasteiger partial charge is 0.493 e. The van der Waals surface area contributed by atoms with E-state index in [2.05, 4.69) is 5.32 Å². The fourth-order valence-electron chi connectivity index (χ4n) is 2.43. The number of rotatable bonds is 6. The third-order valence-corrected chi connectivity index (χ3v) is 3.60. The van der Waals surface area contributed by atoms with Crippen LogP contribution < -0.4 is 15.8 Å². The summed E-state index contributed by atoms with van der Waals surface area (Å²) in [7, 11) is 0. The summed E-state index contributed by atoms with van der Waals surface area (Å²) < 4.78 is 5.45. The van der Waals surface area contributed by atoms with E-state index in [0.717, 1.165) is 25.7 Å². The van der Waals surface area contributed by atoms with E-state index < -0.39 is 5.60 Å². The molecule has 1 saturated carbocycles. The number of nitrogens with one attached hydrogen (secondary N) is 1. The lowest BCUT2D eigenvalue weighted by Gasteiger charge is -2.22. The molecule has 1 amide bonds. The second-order valence-electron chi connectivity index (χ2n) is 5.38. The van der Waals surface area contributed by atoms with Gasteiger partial charge < -0.3 is 20.9 Å². The molecular formula is C15H22N2O3. The highest BCUT2D eigenvalue weighted by molar-refractivity contribution is 5.76. The molecular weight excluding hydrogens is 256 g/mol. The third kappa shape index (κ3) is 4.42. The van der Waals surface area contributed by atoms with E-state index in [1.807, 2.05) is 0 Å². The van der Waals surface area contributed by atoms with Crippen molar-refractivity contribution in [2.75, 3.05) is 18.9 Å². The van der Waals surface area contributed by atoms with Gasteiger partial charge in [-0.2, -0.15) is 0 Å². The number of aliphatic hydroxyl groups is 1. The van der Waals surface area contributed by atoms with Crippen molar-refractivity contribution >= 4 is 11.6 Å². The van der Waals surface area contributed by atoms with E-state index in [9.17, 15) is 9.90 Å². The molecule has 0 unspecified atom stereocenters. The van der Waals surface area contributed by atoms with Gasteiger partial charge in [0.1, 0.15) is 5.75 Å². The summed E-state index contributed by atoms with van der Waals surface area (Å²) in [6.45, 7) is 0.637. The topological polar surface area (TPSA) is 84.6 Å². The Morgan fingerprint density at radius 2 is 2.15 bits per heavy atom. The van der Waals surface area contributed by atoms with E-state index >= 15 is 0 Å². The molecule has 0 atom stereocenters. The van der Waals surface area contributed by atoms with Crippen LogP contribution in [-0.2, 0) is 4.79 Å². The van der Waals surface area contributed by atoms with Crippen LogP contribution in [0.2, 0.25) is 0 Å². The molecule has 5 heteroatoms. The second kappa shape index (κ2) is 6.61. The maximum Gasteiger partial charge on any atom is 0.223 e. The van der Waals surface area contributed by atoms with Crippen molar-refractivity contribution < 1.29 is 14.6 Å². The Bertz CT molecular complexity index is 456. The van der Waals surface area contributed by atoms with Crippen molar-refractivity contribution in [3.63, 3.8) is 0 Å². The van der Waals surface area contributed by atoms with E-state index in [4.69, 9.17) is 10.5 Å². The predicted octanol–water partition coefficient (Wildman–Crippen LogP) is 1.46. The minimum absolute atomic E-state index is 0.103. The van der Waals surface area contributed by atoms with Gasteiger partial charge in [-0.1, -0.05) is 18.9 Å². The van der Waals surface area contributed by atoms with Crippen LogP contribution in [0.5, 0.6) is 5.75 Å². The Hall–Kier alpha value is -1.75. The normalized spacial score (nSPS) is 16.9. The van der Waals surface area contributed by atoms with E-state index in [0.29, 0.717) is 24.6 Å². The van der Waals surface area contributed by atoms with Gasteiger partial charge in [0.05, 0.1) is 18.6 Å². The highest BCUT2D eigenvalue weighted by Crippen LogP contribution is 2.28. The first-order valence-corrected chi connectivity index (χ1v) is 7.05. The first kappa shape index (κ1) is 14.7. The highest BCUT2D eigenvalue weighted by Gasteiger charge is 2.31. The monoisotopic (exact) mass is 278 g/mol. The molecule has 0 spiro atoms. The summed E-state index contributed by atoms with van der Waals surface area (Å²) in [5.74, 6) is 0.557. The number of carbonyl (C=O) groups excluding carboxylic acids is 1. The van der Waals surface area contributed by atoms with Crippen LogP contribution in [0.4, 0.5) is 5.69 Å². The van der Waals surface area contributed by atoms with E-state index in [1.54, 1.807) is 24.3 Å². The van der Waals surface area contributed by atoms with Gasteiger partial charge in [-0.3, -0.25) is 4.79 Å². The van der Waals surface area contributed by atoms with Crippen LogP contribution in [-0.4, -0.2) is 29.8 Å². The smallest absolute Gasteiger partial charge is 0.223 e. The van der Waals surface area contributed by atoms with E-state index in [-0.39, 0.29) is 12.3 Å². The van der Waals surface area contributed by atoms with E-state index in [1.165, 1.54) is 0 Å². The molecule has 0 radical (unpaired) electrons. The summed E-state index contributed by atoms with van der Waals surface area (Å²) in [5.41, 5.74) is 5.57. The van der Waals surface area contributed by atoms with Crippen molar-refractivity contribution in [2.45, 2.75) is 37.7 Å². The molecule has 4 N–H and O–H groups in total.